The fourth-order valence-electron chi connectivity index (χ4n) is 1.73. The maximum absolute atomic E-state index is 12.0. The molecule has 0 saturated heterocycles. The minimum absolute atomic E-state index is 0. The number of carbonyl (C=O) groups is 1. The second kappa shape index (κ2) is 6.88. The topological polar surface area (TPSA) is 33.8 Å². The Morgan fingerprint density at radius 2 is 1.95 bits per heavy atom. The highest BCUT2D eigenvalue weighted by atomic mass is 79.9. The van der Waals surface area contributed by atoms with E-state index >= 15 is 0 Å². The quantitative estimate of drug-likeness (QED) is 0.482. The van der Waals surface area contributed by atoms with Gasteiger partial charge in [-0.3, -0.25) is 4.79 Å². The third-order valence-corrected chi connectivity index (χ3v) is 4.47. The molecule has 3 aromatic rings. The lowest BCUT2D eigenvalue weighted by atomic mass is 10.3. The number of hydrogen-bond donors (Lipinski definition) is 0. The van der Waals surface area contributed by atoms with Gasteiger partial charge in [-0.15, -0.1) is 22.7 Å². The van der Waals surface area contributed by atoms with E-state index in [9.17, 15) is 4.79 Å². The fraction of sp³-hybridized carbons (Fsp3) is 0.0714. The van der Waals surface area contributed by atoms with Gasteiger partial charge in [0.15, 0.2) is 12.2 Å². The van der Waals surface area contributed by atoms with Crippen molar-refractivity contribution in [2.24, 2.45) is 0 Å². The Labute approximate surface area is 135 Å². The maximum atomic E-state index is 12.0. The average molecular weight is 367 g/mol. The van der Waals surface area contributed by atoms with Crippen molar-refractivity contribution in [3.05, 3.63) is 58.5 Å². The summed E-state index contributed by atoms with van der Waals surface area (Å²) in [4.78, 5) is 18.3. The molecule has 0 saturated carbocycles. The summed E-state index contributed by atoms with van der Waals surface area (Å²) < 4.78 is 1.80. The lowest BCUT2D eigenvalue weighted by Gasteiger charge is -1.97. The Kier molecular flexibility index (Phi) is 5.17. The second-order valence-electron chi connectivity index (χ2n) is 4.00. The van der Waals surface area contributed by atoms with Crippen molar-refractivity contribution in [2.45, 2.75) is 6.54 Å². The van der Waals surface area contributed by atoms with Crippen LogP contribution in [0.25, 0.3) is 10.6 Å². The number of carbonyl (C=O) groups excluding carboxylic acids is 1. The van der Waals surface area contributed by atoms with Gasteiger partial charge in [0.2, 0.25) is 5.78 Å². The predicted molar refractivity (Wildman–Crippen MR) is 76.4 cm³/mol. The largest absolute Gasteiger partial charge is 1.00 e. The van der Waals surface area contributed by atoms with E-state index in [1.54, 1.807) is 22.2 Å². The molecule has 102 valence electrons. The van der Waals surface area contributed by atoms with Crippen LogP contribution >= 0.6 is 22.7 Å². The molecular weight excluding hydrogens is 356 g/mol. The van der Waals surface area contributed by atoms with Crippen molar-refractivity contribution in [2.75, 3.05) is 0 Å². The van der Waals surface area contributed by atoms with E-state index in [1.807, 2.05) is 47.3 Å². The van der Waals surface area contributed by atoms with Crippen LogP contribution < -0.4 is 21.5 Å². The fourth-order valence-corrected chi connectivity index (χ4v) is 3.09. The van der Waals surface area contributed by atoms with Crippen LogP contribution in [-0.2, 0) is 6.54 Å². The first kappa shape index (κ1) is 15.0. The van der Waals surface area contributed by atoms with E-state index < -0.39 is 0 Å². The monoisotopic (exact) mass is 366 g/mol. The van der Waals surface area contributed by atoms with Gasteiger partial charge in [-0.05, 0) is 27.9 Å². The summed E-state index contributed by atoms with van der Waals surface area (Å²) in [5, 5.41) is 3.94. The molecular formula is C14H11BrN2OS2. The summed E-state index contributed by atoms with van der Waals surface area (Å²) in [5.41, 5.74) is 0.940. The van der Waals surface area contributed by atoms with Crippen LogP contribution in [0, 0.1) is 0 Å². The highest BCUT2D eigenvalue weighted by Crippen LogP contribution is 2.20. The van der Waals surface area contributed by atoms with E-state index in [1.165, 1.54) is 11.3 Å². The Morgan fingerprint density at radius 3 is 2.55 bits per heavy atom. The van der Waals surface area contributed by atoms with Crippen LogP contribution in [0.2, 0.25) is 0 Å². The normalized spacial score (nSPS) is 10.0. The average Bonchev–Trinajstić information content (AvgIpc) is 3.13. The smallest absolute Gasteiger partial charge is 0.287 e. The Bertz CT molecular complexity index is 664. The Hall–Kier alpha value is -1.37. The lowest BCUT2D eigenvalue weighted by Crippen LogP contribution is -3.00. The molecule has 0 aliphatic rings. The third kappa shape index (κ3) is 3.39. The molecule has 0 atom stereocenters. The number of thiophene rings is 2. The molecule has 3 aromatic heterocycles. The van der Waals surface area contributed by atoms with Crippen LogP contribution in [0.15, 0.2) is 53.6 Å². The van der Waals surface area contributed by atoms with E-state index in [4.69, 9.17) is 0 Å². The molecule has 0 aliphatic carbocycles. The molecule has 0 spiro atoms. The summed E-state index contributed by atoms with van der Waals surface area (Å²) in [6.45, 7) is 0.332. The molecule has 0 aliphatic heterocycles. The highest BCUT2D eigenvalue weighted by molar-refractivity contribution is 7.13. The Balaban J connectivity index is 0.00000147. The number of halogens is 1. The van der Waals surface area contributed by atoms with Crippen LogP contribution in [-0.4, -0.2) is 10.8 Å². The van der Waals surface area contributed by atoms with Crippen molar-refractivity contribution in [1.29, 1.82) is 0 Å². The van der Waals surface area contributed by atoms with Crippen molar-refractivity contribution < 1.29 is 26.3 Å². The first-order chi connectivity index (χ1) is 9.33. The number of hydrogen-bond acceptors (Lipinski definition) is 4. The van der Waals surface area contributed by atoms with Gasteiger partial charge in [0.25, 0.3) is 6.33 Å². The van der Waals surface area contributed by atoms with E-state index in [0.29, 0.717) is 6.54 Å². The van der Waals surface area contributed by atoms with Gasteiger partial charge < -0.3 is 17.0 Å². The van der Waals surface area contributed by atoms with Gasteiger partial charge in [0, 0.05) is 6.07 Å². The zero-order chi connectivity index (χ0) is 13.1. The lowest BCUT2D eigenvalue weighted by molar-refractivity contribution is -0.686. The molecule has 0 unspecified atom stereocenters. The Morgan fingerprint density at radius 1 is 1.15 bits per heavy atom. The number of rotatable bonds is 4. The summed E-state index contributed by atoms with van der Waals surface area (Å²) in [7, 11) is 0. The van der Waals surface area contributed by atoms with Crippen molar-refractivity contribution in [3.8, 4) is 10.6 Å². The maximum Gasteiger partial charge on any atom is 0.287 e. The van der Waals surface area contributed by atoms with Gasteiger partial charge in [0.05, 0.1) is 16.0 Å². The van der Waals surface area contributed by atoms with E-state index in [2.05, 4.69) is 4.98 Å². The van der Waals surface area contributed by atoms with Crippen LogP contribution in [0.1, 0.15) is 9.67 Å². The molecule has 0 N–H and O–H groups in total. The molecule has 20 heavy (non-hydrogen) atoms. The summed E-state index contributed by atoms with van der Waals surface area (Å²) >= 11 is 3.13. The second-order valence-corrected chi connectivity index (χ2v) is 5.89. The molecule has 0 fully saturated rings. The van der Waals surface area contributed by atoms with Gasteiger partial charge in [-0.1, -0.05) is 12.1 Å². The molecule has 3 heterocycles. The van der Waals surface area contributed by atoms with Crippen molar-refractivity contribution in [3.63, 3.8) is 0 Å². The minimum atomic E-state index is 0. The van der Waals surface area contributed by atoms with Crippen LogP contribution in [0.3, 0.4) is 0 Å². The third-order valence-electron chi connectivity index (χ3n) is 2.66. The SMILES string of the molecule is O=C(C[n+]1ccc(-c2cccs2)nc1)c1cccs1.[Br-]. The van der Waals surface area contributed by atoms with Gasteiger partial charge in [-0.25, -0.2) is 4.57 Å². The van der Waals surface area contributed by atoms with E-state index in [0.717, 1.165) is 15.4 Å². The molecule has 0 radical (unpaired) electrons. The van der Waals surface area contributed by atoms with Crippen LogP contribution in [0.4, 0.5) is 0 Å². The van der Waals surface area contributed by atoms with Crippen molar-refractivity contribution >= 4 is 28.5 Å². The molecule has 3 nitrogen and oxygen atoms in total. The first-order valence-electron chi connectivity index (χ1n) is 5.78. The summed E-state index contributed by atoms with van der Waals surface area (Å²) in [6, 6.07) is 9.71. The molecule has 6 heteroatoms. The van der Waals surface area contributed by atoms with Gasteiger partial charge in [-0.2, -0.15) is 0 Å². The number of ketones is 1. The molecule has 0 aromatic carbocycles. The highest BCUT2D eigenvalue weighted by Gasteiger charge is 2.12. The summed E-state index contributed by atoms with van der Waals surface area (Å²) in [5.74, 6) is 0.116. The zero-order valence-corrected chi connectivity index (χ0v) is 13.6. The number of aromatic nitrogens is 2. The molecule has 0 amide bonds. The van der Waals surface area contributed by atoms with E-state index in [-0.39, 0.29) is 22.8 Å². The number of Topliss-reactive ketones (excluding diaryl/α,β-unsaturated/α-hetero) is 1. The summed E-state index contributed by atoms with van der Waals surface area (Å²) in [6.07, 6.45) is 3.61. The first-order valence-corrected chi connectivity index (χ1v) is 7.54. The zero-order valence-electron chi connectivity index (χ0n) is 10.4. The number of nitrogens with zero attached hydrogens (tertiary/aromatic N) is 2. The standard InChI is InChI=1S/C14H11N2OS2.BrH/c17-12(14-4-2-8-19-14)9-16-6-5-11(15-10-16)13-3-1-7-18-13;/h1-8,10H,9H2;1H/q+1;/p-1. The molecule has 0 bridgehead atoms. The van der Waals surface area contributed by atoms with Crippen LogP contribution in [0.5, 0.6) is 0 Å². The predicted octanol–water partition coefficient (Wildman–Crippen LogP) is 0.0460. The minimum Gasteiger partial charge on any atom is -1.00 e. The molecule has 3 rings (SSSR count). The van der Waals surface area contributed by atoms with Gasteiger partial charge in [0.1, 0.15) is 0 Å². The van der Waals surface area contributed by atoms with Gasteiger partial charge >= 0.3 is 0 Å². The van der Waals surface area contributed by atoms with Crippen molar-refractivity contribution in [1.82, 2.24) is 4.98 Å².